The lowest BCUT2D eigenvalue weighted by Crippen LogP contribution is -2.30. The van der Waals surface area contributed by atoms with Gasteiger partial charge in [-0.05, 0) is 37.0 Å². The van der Waals surface area contributed by atoms with Gasteiger partial charge in [-0.3, -0.25) is 0 Å². The van der Waals surface area contributed by atoms with E-state index < -0.39 is 0 Å². The third-order valence-electron chi connectivity index (χ3n) is 3.74. The zero-order valence-corrected chi connectivity index (χ0v) is 12.1. The molecule has 2 N–H and O–H groups in total. The third-order valence-corrected chi connectivity index (χ3v) is 3.74. The summed E-state index contributed by atoms with van der Waals surface area (Å²) < 4.78 is 10.1. The molecule has 1 fully saturated rings. The van der Waals surface area contributed by atoms with Crippen LogP contribution in [0.1, 0.15) is 23.2 Å². The van der Waals surface area contributed by atoms with Crippen molar-refractivity contribution in [3.63, 3.8) is 0 Å². The molecule has 0 spiro atoms. The first-order valence-corrected chi connectivity index (χ1v) is 6.88. The van der Waals surface area contributed by atoms with Crippen LogP contribution in [0, 0.1) is 5.92 Å². The van der Waals surface area contributed by atoms with Crippen LogP contribution in [0.2, 0.25) is 0 Å². The van der Waals surface area contributed by atoms with E-state index >= 15 is 0 Å². The number of nitrogens with zero attached hydrogens (tertiary/aromatic N) is 1. The molecule has 5 heteroatoms. The number of anilines is 2. The van der Waals surface area contributed by atoms with E-state index in [-0.39, 0.29) is 5.97 Å². The molecule has 0 bridgehead atoms. The number of ether oxygens (including phenoxy) is 2. The lowest BCUT2D eigenvalue weighted by Gasteiger charge is -2.29. The van der Waals surface area contributed by atoms with Gasteiger partial charge in [0, 0.05) is 26.8 Å². The summed E-state index contributed by atoms with van der Waals surface area (Å²) >= 11 is 0. The minimum atomic E-state index is -0.342. The molecule has 1 aliphatic heterocycles. The third kappa shape index (κ3) is 3.42. The van der Waals surface area contributed by atoms with Crippen molar-refractivity contribution < 1.29 is 14.3 Å². The van der Waals surface area contributed by atoms with E-state index in [0.29, 0.717) is 17.2 Å². The first-order valence-electron chi connectivity index (χ1n) is 6.88. The van der Waals surface area contributed by atoms with Crippen LogP contribution in [0.5, 0.6) is 0 Å². The van der Waals surface area contributed by atoms with E-state index in [0.717, 1.165) is 38.3 Å². The molecule has 0 aromatic heterocycles. The molecule has 0 amide bonds. The molecule has 2 rings (SSSR count). The van der Waals surface area contributed by atoms with Crippen molar-refractivity contribution >= 4 is 17.3 Å². The Bertz CT molecular complexity index is 470. The van der Waals surface area contributed by atoms with Crippen LogP contribution in [0.25, 0.3) is 0 Å². The smallest absolute Gasteiger partial charge is 0.337 e. The van der Waals surface area contributed by atoms with Crippen molar-refractivity contribution in [2.75, 3.05) is 44.5 Å². The molecule has 1 heterocycles. The van der Waals surface area contributed by atoms with Crippen molar-refractivity contribution in [3.05, 3.63) is 23.8 Å². The van der Waals surface area contributed by atoms with Gasteiger partial charge in [0.15, 0.2) is 0 Å². The zero-order valence-electron chi connectivity index (χ0n) is 12.1. The van der Waals surface area contributed by atoms with Gasteiger partial charge in [-0.15, -0.1) is 0 Å². The van der Waals surface area contributed by atoms with E-state index in [1.807, 2.05) is 7.05 Å². The van der Waals surface area contributed by atoms with E-state index in [9.17, 15) is 4.79 Å². The Hall–Kier alpha value is -1.75. The topological polar surface area (TPSA) is 64.8 Å². The Morgan fingerprint density at radius 2 is 2.15 bits per heavy atom. The van der Waals surface area contributed by atoms with E-state index in [1.54, 1.807) is 18.2 Å². The Morgan fingerprint density at radius 3 is 2.80 bits per heavy atom. The van der Waals surface area contributed by atoms with Crippen LogP contribution in [-0.2, 0) is 9.47 Å². The van der Waals surface area contributed by atoms with Crippen LogP contribution < -0.4 is 10.6 Å². The molecule has 5 nitrogen and oxygen atoms in total. The molecule has 1 aliphatic rings. The molecule has 0 radical (unpaired) electrons. The van der Waals surface area contributed by atoms with Gasteiger partial charge < -0.3 is 20.1 Å². The number of benzene rings is 1. The van der Waals surface area contributed by atoms with Crippen molar-refractivity contribution in [1.29, 1.82) is 0 Å². The van der Waals surface area contributed by atoms with Crippen LogP contribution in [0.3, 0.4) is 0 Å². The summed E-state index contributed by atoms with van der Waals surface area (Å²) in [6.45, 7) is 2.57. The van der Waals surface area contributed by atoms with Crippen molar-refractivity contribution in [2.45, 2.75) is 12.8 Å². The van der Waals surface area contributed by atoms with Crippen LogP contribution >= 0.6 is 0 Å². The Kier molecular flexibility index (Phi) is 4.84. The number of methoxy groups -OCH3 is 1. The van der Waals surface area contributed by atoms with Gasteiger partial charge in [-0.1, -0.05) is 0 Å². The number of hydrogen-bond donors (Lipinski definition) is 1. The van der Waals surface area contributed by atoms with Crippen molar-refractivity contribution in [1.82, 2.24) is 0 Å². The van der Waals surface area contributed by atoms with Gasteiger partial charge in [0.05, 0.1) is 24.0 Å². The second kappa shape index (κ2) is 6.61. The highest BCUT2D eigenvalue weighted by Gasteiger charge is 2.18. The Labute approximate surface area is 119 Å². The van der Waals surface area contributed by atoms with Crippen LogP contribution in [-0.4, -0.2) is 39.9 Å². The number of rotatable bonds is 4. The van der Waals surface area contributed by atoms with Gasteiger partial charge in [-0.2, -0.15) is 0 Å². The largest absolute Gasteiger partial charge is 0.465 e. The van der Waals surface area contributed by atoms with Gasteiger partial charge in [-0.25, -0.2) is 4.79 Å². The average molecular weight is 278 g/mol. The summed E-state index contributed by atoms with van der Waals surface area (Å²) in [7, 11) is 3.38. The van der Waals surface area contributed by atoms with Crippen molar-refractivity contribution in [3.8, 4) is 0 Å². The number of nitrogens with two attached hydrogens (primary N) is 1. The summed E-state index contributed by atoms with van der Waals surface area (Å²) in [5.41, 5.74) is 8.09. The standard InChI is InChI=1S/C15H22N2O3/c1-17(10-11-5-7-20-8-6-11)14-9-12(15(18)19-2)3-4-13(14)16/h3-4,9,11H,5-8,10,16H2,1-2H3. The van der Waals surface area contributed by atoms with E-state index in [1.165, 1.54) is 7.11 Å². The Balaban J connectivity index is 2.11. The van der Waals surface area contributed by atoms with Crippen LogP contribution in [0.15, 0.2) is 18.2 Å². The summed E-state index contributed by atoms with van der Waals surface area (Å²) in [5, 5.41) is 0. The summed E-state index contributed by atoms with van der Waals surface area (Å²) in [6.07, 6.45) is 2.14. The quantitative estimate of drug-likeness (QED) is 0.673. The highest BCUT2D eigenvalue weighted by atomic mass is 16.5. The molecule has 1 aromatic rings. The minimum absolute atomic E-state index is 0.342. The first-order chi connectivity index (χ1) is 9.61. The maximum Gasteiger partial charge on any atom is 0.337 e. The average Bonchev–Trinajstić information content (AvgIpc) is 2.48. The van der Waals surface area contributed by atoms with E-state index in [2.05, 4.69) is 4.90 Å². The lowest BCUT2D eigenvalue weighted by atomic mass is 9.99. The molecule has 0 unspecified atom stereocenters. The molecule has 110 valence electrons. The van der Waals surface area contributed by atoms with Crippen LogP contribution in [0.4, 0.5) is 11.4 Å². The highest BCUT2D eigenvalue weighted by molar-refractivity contribution is 5.92. The molecule has 1 aromatic carbocycles. The fourth-order valence-corrected chi connectivity index (χ4v) is 2.53. The number of carbonyl (C=O) groups excluding carboxylic acids is 1. The SMILES string of the molecule is COC(=O)c1ccc(N)c(N(C)CC2CCOCC2)c1. The normalized spacial score (nSPS) is 15.9. The summed E-state index contributed by atoms with van der Waals surface area (Å²) in [6, 6.07) is 5.23. The molecule has 20 heavy (non-hydrogen) atoms. The maximum atomic E-state index is 11.6. The molecule has 0 aliphatic carbocycles. The zero-order chi connectivity index (χ0) is 14.5. The monoisotopic (exact) mass is 278 g/mol. The number of esters is 1. The van der Waals surface area contributed by atoms with Gasteiger partial charge in [0.1, 0.15) is 0 Å². The Morgan fingerprint density at radius 1 is 1.45 bits per heavy atom. The molecule has 0 saturated carbocycles. The number of hydrogen-bond acceptors (Lipinski definition) is 5. The first kappa shape index (κ1) is 14.7. The molecule has 0 atom stereocenters. The minimum Gasteiger partial charge on any atom is -0.465 e. The van der Waals surface area contributed by atoms with Gasteiger partial charge in [0.25, 0.3) is 0 Å². The molecular weight excluding hydrogens is 256 g/mol. The number of carbonyl (C=O) groups is 1. The van der Waals surface area contributed by atoms with E-state index in [4.69, 9.17) is 15.2 Å². The van der Waals surface area contributed by atoms with Gasteiger partial charge >= 0.3 is 5.97 Å². The second-order valence-corrected chi connectivity index (χ2v) is 5.20. The van der Waals surface area contributed by atoms with Gasteiger partial charge in [0.2, 0.25) is 0 Å². The maximum absolute atomic E-state index is 11.6. The molecular formula is C15H22N2O3. The molecule has 1 saturated heterocycles. The fourth-order valence-electron chi connectivity index (χ4n) is 2.53. The summed E-state index contributed by atoms with van der Waals surface area (Å²) in [5.74, 6) is 0.264. The van der Waals surface area contributed by atoms with Crippen molar-refractivity contribution in [2.24, 2.45) is 5.92 Å². The highest BCUT2D eigenvalue weighted by Crippen LogP contribution is 2.26. The fraction of sp³-hybridized carbons (Fsp3) is 0.533. The summed E-state index contributed by atoms with van der Waals surface area (Å²) in [4.78, 5) is 13.7. The second-order valence-electron chi connectivity index (χ2n) is 5.20. The number of nitrogen functional groups attached to an aromatic ring is 1. The lowest BCUT2D eigenvalue weighted by molar-refractivity contribution is 0.0601. The predicted octanol–water partition coefficient (Wildman–Crippen LogP) is 1.92. The predicted molar refractivity (Wildman–Crippen MR) is 79.0 cm³/mol.